The first-order chi connectivity index (χ1) is 13.5. The second-order valence-corrected chi connectivity index (χ2v) is 8.06. The normalized spacial score (nSPS) is 17.0. The van der Waals surface area contributed by atoms with E-state index in [9.17, 15) is 4.79 Å². The lowest BCUT2D eigenvalue weighted by molar-refractivity contribution is -0.121. The Bertz CT molecular complexity index is 990. The summed E-state index contributed by atoms with van der Waals surface area (Å²) in [6, 6.07) is 14.1. The number of halogens is 1. The van der Waals surface area contributed by atoms with E-state index in [-0.39, 0.29) is 11.4 Å². The Morgan fingerprint density at radius 2 is 1.89 bits per heavy atom. The number of hydrogen-bond donors (Lipinski definition) is 1. The fraction of sp³-hybridized carbons (Fsp3) is 0.364. The number of aromatic nitrogens is 2. The Kier molecular flexibility index (Phi) is 5.13. The molecule has 1 fully saturated rings. The Morgan fingerprint density at radius 3 is 2.57 bits per heavy atom. The number of rotatable bonds is 4. The molecule has 0 bridgehead atoms. The van der Waals surface area contributed by atoms with Gasteiger partial charge in [-0.1, -0.05) is 41.9 Å². The minimum absolute atomic E-state index is 0.0181. The summed E-state index contributed by atoms with van der Waals surface area (Å²) in [5.41, 5.74) is 4.02. The molecule has 3 aromatic rings. The molecule has 1 saturated heterocycles. The van der Waals surface area contributed by atoms with Crippen LogP contribution in [0, 0.1) is 6.92 Å². The van der Waals surface area contributed by atoms with Crippen LogP contribution in [0.3, 0.4) is 0 Å². The number of nitrogens with one attached hydrogen (secondary N) is 1. The van der Waals surface area contributed by atoms with Crippen LogP contribution in [0.5, 0.6) is 0 Å². The summed E-state index contributed by atoms with van der Waals surface area (Å²) in [7, 11) is 0. The molecular formula is C22H25ClN4O. The average molecular weight is 397 g/mol. The molecule has 1 aliphatic rings. The zero-order valence-corrected chi connectivity index (χ0v) is 17.0. The monoisotopic (exact) mass is 396 g/mol. The first kappa shape index (κ1) is 19.0. The lowest BCUT2D eigenvalue weighted by Gasteiger charge is -2.42. The molecule has 4 rings (SSSR count). The number of fused-ring (bicyclic) bond motifs is 1. The molecular weight excluding hydrogens is 372 g/mol. The highest BCUT2D eigenvalue weighted by atomic mass is 35.5. The molecule has 0 unspecified atom stereocenters. The quantitative estimate of drug-likeness (QED) is 0.727. The van der Waals surface area contributed by atoms with Gasteiger partial charge in [-0.3, -0.25) is 9.69 Å². The van der Waals surface area contributed by atoms with E-state index in [1.54, 1.807) is 6.92 Å². The summed E-state index contributed by atoms with van der Waals surface area (Å²) in [6.45, 7) is 6.28. The summed E-state index contributed by atoms with van der Waals surface area (Å²) >= 11 is 6.19. The lowest BCUT2D eigenvalue weighted by Crippen LogP contribution is -2.52. The highest BCUT2D eigenvalue weighted by molar-refractivity contribution is 6.30. The first-order valence-corrected chi connectivity index (χ1v) is 10.0. The van der Waals surface area contributed by atoms with Crippen LogP contribution < -0.4 is 5.32 Å². The number of pyridine rings is 1. The maximum absolute atomic E-state index is 11.9. The zero-order valence-electron chi connectivity index (χ0n) is 16.3. The Labute approximate surface area is 170 Å². The fourth-order valence-corrected chi connectivity index (χ4v) is 4.42. The maximum atomic E-state index is 11.9. The molecule has 0 radical (unpaired) electrons. The number of nitrogens with zero attached hydrogens (tertiary/aromatic N) is 3. The van der Waals surface area contributed by atoms with Gasteiger partial charge in [0.15, 0.2) is 0 Å². The number of carbonyl (C=O) groups excluding carboxylic acids is 1. The Morgan fingerprint density at radius 1 is 1.18 bits per heavy atom. The van der Waals surface area contributed by atoms with Crippen molar-refractivity contribution < 1.29 is 4.79 Å². The predicted octanol–water partition coefficient (Wildman–Crippen LogP) is 3.92. The van der Waals surface area contributed by atoms with Gasteiger partial charge >= 0.3 is 0 Å². The van der Waals surface area contributed by atoms with Gasteiger partial charge in [0.25, 0.3) is 0 Å². The molecule has 146 valence electrons. The number of likely N-dealkylation sites (tertiary alicyclic amines) is 1. The van der Waals surface area contributed by atoms with Crippen molar-refractivity contribution >= 4 is 23.2 Å². The van der Waals surface area contributed by atoms with E-state index < -0.39 is 0 Å². The third kappa shape index (κ3) is 3.64. The van der Waals surface area contributed by atoms with Gasteiger partial charge in [0, 0.05) is 32.8 Å². The van der Waals surface area contributed by atoms with Crippen LogP contribution in [0.4, 0.5) is 0 Å². The van der Waals surface area contributed by atoms with Crippen molar-refractivity contribution in [1.82, 2.24) is 19.6 Å². The highest BCUT2D eigenvalue weighted by Gasteiger charge is 2.37. The van der Waals surface area contributed by atoms with E-state index in [2.05, 4.69) is 31.7 Å². The SMILES string of the molecule is CC(=O)NC1(c2ccccc2)CCN(Cc2c(C)nc3ccc(Cl)cn23)CC1. The van der Waals surface area contributed by atoms with Crippen molar-refractivity contribution in [2.75, 3.05) is 13.1 Å². The predicted molar refractivity (Wildman–Crippen MR) is 111 cm³/mol. The molecule has 0 atom stereocenters. The second-order valence-electron chi connectivity index (χ2n) is 7.62. The van der Waals surface area contributed by atoms with E-state index in [1.807, 2.05) is 43.5 Å². The van der Waals surface area contributed by atoms with Crippen LogP contribution in [0.15, 0.2) is 48.7 Å². The molecule has 1 N–H and O–H groups in total. The van der Waals surface area contributed by atoms with Gasteiger partial charge in [-0.2, -0.15) is 0 Å². The third-order valence-electron chi connectivity index (χ3n) is 5.71. The molecule has 1 aliphatic heterocycles. The van der Waals surface area contributed by atoms with Gasteiger partial charge in [0.05, 0.1) is 21.9 Å². The van der Waals surface area contributed by atoms with Crippen LogP contribution in [0.2, 0.25) is 5.02 Å². The summed E-state index contributed by atoms with van der Waals surface area (Å²) in [4.78, 5) is 19.0. The van der Waals surface area contributed by atoms with Gasteiger partial charge < -0.3 is 9.72 Å². The fourth-order valence-electron chi connectivity index (χ4n) is 4.26. The van der Waals surface area contributed by atoms with Gasteiger partial charge in [-0.15, -0.1) is 0 Å². The molecule has 1 amide bonds. The van der Waals surface area contributed by atoms with Gasteiger partial charge in [0.1, 0.15) is 5.65 Å². The summed E-state index contributed by atoms with van der Waals surface area (Å²) in [5, 5.41) is 3.95. The molecule has 1 aromatic carbocycles. The van der Waals surface area contributed by atoms with Crippen LogP contribution in [0.25, 0.3) is 5.65 Å². The van der Waals surface area contributed by atoms with Crippen LogP contribution in [-0.2, 0) is 16.9 Å². The number of hydrogen-bond acceptors (Lipinski definition) is 3. The van der Waals surface area contributed by atoms with Gasteiger partial charge in [0.2, 0.25) is 5.91 Å². The number of aryl methyl sites for hydroxylation is 1. The van der Waals surface area contributed by atoms with Crippen molar-refractivity contribution in [3.05, 3.63) is 70.6 Å². The highest BCUT2D eigenvalue weighted by Crippen LogP contribution is 2.33. The van der Waals surface area contributed by atoms with Gasteiger partial charge in [-0.05, 0) is 37.5 Å². The van der Waals surface area contributed by atoms with E-state index in [1.165, 1.54) is 11.3 Å². The molecule has 5 nitrogen and oxygen atoms in total. The number of imidazole rings is 1. The Balaban J connectivity index is 1.54. The van der Waals surface area contributed by atoms with E-state index in [0.29, 0.717) is 5.02 Å². The van der Waals surface area contributed by atoms with Gasteiger partial charge in [-0.25, -0.2) is 4.98 Å². The summed E-state index contributed by atoms with van der Waals surface area (Å²) < 4.78 is 2.09. The molecule has 0 saturated carbocycles. The number of amides is 1. The van der Waals surface area contributed by atoms with Crippen LogP contribution in [0.1, 0.15) is 36.7 Å². The molecule has 3 heterocycles. The molecule has 0 spiro atoms. The molecule has 0 aliphatic carbocycles. The van der Waals surface area contributed by atoms with Crippen LogP contribution in [-0.4, -0.2) is 33.3 Å². The number of benzene rings is 1. The smallest absolute Gasteiger partial charge is 0.217 e. The molecule has 2 aromatic heterocycles. The molecule has 28 heavy (non-hydrogen) atoms. The van der Waals surface area contributed by atoms with E-state index in [0.717, 1.165) is 43.8 Å². The molecule has 6 heteroatoms. The summed E-state index contributed by atoms with van der Waals surface area (Å²) in [5.74, 6) is 0.0181. The number of carbonyl (C=O) groups is 1. The standard InChI is InChI=1S/C22H25ClN4O/c1-16-20(27-14-19(23)8-9-21(27)24-16)15-26-12-10-22(11-13-26,25-17(2)28)18-6-4-3-5-7-18/h3-9,14H,10-13,15H2,1-2H3,(H,25,28). The first-order valence-electron chi connectivity index (χ1n) is 9.67. The van der Waals surface area contributed by atoms with Crippen molar-refractivity contribution in [3.63, 3.8) is 0 Å². The minimum atomic E-state index is -0.290. The topological polar surface area (TPSA) is 49.6 Å². The van der Waals surface area contributed by atoms with Crippen molar-refractivity contribution in [2.45, 2.75) is 38.8 Å². The zero-order chi connectivity index (χ0) is 19.7. The summed E-state index contributed by atoms with van der Waals surface area (Å²) in [6.07, 6.45) is 3.70. The lowest BCUT2D eigenvalue weighted by atomic mass is 9.80. The minimum Gasteiger partial charge on any atom is -0.347 e. The maximum Gasteiger partial charge on any atom is 0.217 e. The van der Waals surface area contributed by atoms with Crippen molar-refractivity contribution in [2.24, 2.45) is 0 Å². The van der Waals surface area contributed by atoms with E-state index in [4.69, 9.17) is 11.6 Å². The third-order valence-corrected chi connectivity index (χ3v) is 5.93. The average Bonchev–Trinajstić information content (AvgIpc) is 2.98. The van der Waals surface area contributed by atoms with Crippen molar-refractivity contribution in [1.29, 1.82) is 0 Å². The largest absolute Gasteiger partial charge is 0.347 e. The van der Waals surface area contributed by atoms with Crippen LogP contribution >= 0.6 is 11.6 Å². The number of piperidine rings is 1. The van der Waals surface area contributed by atoms with E-state index >= 15 is 0 Å². The second kappa shape index (κ2) is 7.57. The van der Waals surface area contributed by atoms with Crippen molar-refractivity contribution in [3.8, 4) is 0 Å². The Hall–Kier alpha value is -2.37.